The summed E-state index contributed by atoms with van der Waals surface area (Å²) in [6.07, 6.45) is 4.56. The van der Waals surface area contributed by atoms with Crippen LogP contribution in [-0.4, -0.2) is 24.1 Å². The average molecular weight is 262 g/mol. The van der Waals surface area contributed by atoms with Crippen molar-refractivity contribution in [3.8, 4) is 5.75 Å². The average Bonchev–Trinajstić information content (AvgIpc) is 2.89. The minimum atomic E-state index is -0.143. The SMILES string of the molecule is Cc1ccc(C(=O)NCC2(CN)CCCC2)cc1O. The molecule has 2 rings (SSSR count). The number of benzene rings is 1. The first-order valence-corrected chi connectivity index (χ1v) is 6.84. The first kappa shape index (κ1) is 13.9. The van der Waals surface area contributed by atoms with Crippen molar-refractivity contribution in [2.75, 3.05) is 13.1 Å². The lowest BCUT2D eigenvalue weighted by atomic mass is 9.86. The molecule has 0 atom stereocenters. The van der Waals surface area contributed by atoms with Gasteiger partial charge in [-0.25, -0.2) is 0 Å². The standard InChI is InChI=1S/C15H22N2O2/c1-11-4-5-12(8-13(11)18)14(19)17-10-15(9-16)6-2-3-7-15/h4-5,8,18H,2-3,6-7,9-10,16H2,1H3,(H,17,19). The summed E-state index contributed by atoms with van der Waals surface area (Å²) >= 11 is 0. The van der Waals surface area contributed by atoms with Crippen molar-refractivity contribution in [2.45, 2.75) is 32.6 Å². The van der Waals surface area contributed by atoms with Gasteiger partial charge in [0.25, 0.3) is 5.91 Å². The maximum absolute atomic E-state index is 12.1. The van der Waals surface area contributed by atoms with Crippen LogP contribution in [0.5, 0.6) is 5.75 Å². The molecular formula is C15H22N2O2. The van der Waals surface area contributed by atoms with Crippen LogP contribution in [0.3, 0.4) is 0 Å². The van der Waals surface area contributed by atoms with Gasteiger partial charge in [0.1, 0.15) is 5.75 Å². The summed E-state index contributed by atoms with van der Waals surface area (Å²) in [4.78, 5) is 12.1. The highest BCUT2D eigenvalue weighted by molar-refractivity contribution is 5.94. The molecule has 0 heterocycles. The van der Waals surface area contributed by atoms with E-state index in [1.807, 2.05) is 0 Å². The fourth-order valence-electron chi connectivity index (χ4n) is 2.70. The summed E-state index contributed by atoms with van der Waals surface area (Å²) in [6, 6.07) is 4.99. The van der Waals surface area contributed by atoms with E-state index in [1.165, 1.54) is 18.9 Å². The molecule has 1 aliphatic carbocycles. The summed E-state index contributed by atoms with van der Waals surface area (Å²) in [5.41, 5.74) is 7.18. The number of hydrogen-bond donors (Lipinski definition) is 3. The summed E-state index contributed by atoms with van der Waals surface area (Å²) < 4.78 is 0. The second-order valence-electron chi connectivity index (χ2n) is 5.60. The van der Waals surface area contributed by atoms with Gasteiger partial charge in [-0.05, 0) is 49.4 Å². The minimum Gasteiger partial charge on any atom is -0.508 e. The Morgan fingerprint density at radius 3 is 2.68 bits per heavy atom. The number of rotatable bonds is 4. The molecule has 0 radical (unpaired) electrons. The van der Waals surface area contributed by atoms with E-state index in [4.69, 9.17) is 5.73 Å². The first-order chi connectivity index (χ1) is 9.06. The molecule has 1 saturated carbocycles. The molecule has 1 fully saturated rings. The number of hydrogen-bond acceptors (Lipinski definition) is 3. The fraction of sp³-hybridized carbons (Fsp3) is 0.533. The summed E-state index contributed by atoms with van der Waals surface area (Å²) in [5, 5.41) is 12.6. The molecule has 1 aromatic carbocycles. The van der Waals surface area contributed by atoms with Gasteiger partial charge in [-0.1, -0.05) is 18.9 Å². The summed E-state index contributed by atoms with van der Waals surface area (Å²) in [7, 11) is 0. The highest BCUT2D eigenvalue weighted by Crippen LogP contribution is 2.36. The Balaban J connectivity index is 1.99. The van der Waals surface area contributed by atoms with Gasteiger partial charge in [0.05, 0.1) is 0 Å². The van der Waals surface area contributed by atoms with E-state index in [2.05, 4.69) is 5.32 Å². The molecule has 4 N–H and O–H groups in total. The zero-order chi connectivity index (χ0) is 13.9. The summed E-state index contributed by atoms with van der Waals surface area (Å²) in [5.74, 6) is 0.0112. The highest BCUT2D eigenvalue weighted by atomic mass is 16.3. The lowest BCUT2D eigenvalue weighted by Gasteiger charge is -2.27. The Hall–Kier alpha value is -1.55. The molecule has 0 aliphatic heterocycles. The van der Waals surface area contributed by atoms with Gasteiger partial charge in [0.2, 0.25) is 0 Å². The molecule has 0 unspecified atom stereocenters. The molecule has 1 aromatic rings. The van der Waals surface area contributed by atoms with Crippen LogP contribution in [-0.2, 0) is 0 Å². The normalized spacial score (nSPS) is 17.4. The number of amides is 1. The lowest BCUT2D eigenvalue weighted by Crippen LogP contribution is -2.40. The largest absolute Gasteiger partial charge is 0.508 e. The quantitative estimate of drug-likeness (QED) is 0.776. The number of carbonyl (C=O) groups excluding carboxylic acids is 1. The van der Waals surface area contributed by atoms with Gasteiger partial charge in [-0.3, -0.25) is 4.79 Å². The Bertz CT molecular complexity index is 465. The molecule has 1 amide bonds. The third-order valence-corrected chi connectivity index (χ3v) is 4.19. The smallest absolute Gasteiger partial charge is 0.251 e. The van der Waals surface area contributed by atoms with Crippen LogP contribution in [0.25, 0.3) is 0 Å². The fourth-order valence-corrected chi connectivity index (χ4v) is 2.70. The van der Waals surface area contributed by atoms with E-state index in [-0.39, 0.29) is 17.1 Å². The van der Waals surface area contributed by atoms with E-state index in [9.17, 15) is 9.90 Å². The van der Waals surface area contributed by atoms with Crippen molar-refractivity contribution in [1.82, 2.24) is 5.32 Å². The zero-order valence-electron chi connectivity index (χ0n) is 11.4. The predicted octanol–water partition coefficient (Wildman–Crippen LogP) is 1.95. The maximum atomic E-state index is 12.1. The van der Waals surface area contributed by atoms with Gasteiger partial charge in [0, 0.05) is 12.1 Å². The van der Waals surface area contributed by atoms with E-state index in [0.29, 0.717) is 18.7 Å². The van der Waals surface area contributed by atoms with E-state index >= 15 is 0 Å². The van der Waals surface area contributed by atoms with Crippen molar-refractivity contribution >= 4 is 5.91 Å². The van der Waals surface area contributed by atoms with Crippen LogP contribution in [0.1, 0.15) is 41.6 Å². The number of aryl methyl sites for hydroxylation is 1. The minimum absolute atomic E-state index is 0.0718. The molecule has 19 heavy (non-hydrogen) atoms. The van der Waals surface area contributed by atoms with Crippen molar-refractivity contribution < 1.29 is 9.90 Å². The van der Waals surface area contributed by atoms with Crippen LogP contribution in [0.4, 0.5) is 0 Å². The van der Waals surface area contributed by atoms with Crippen molar-refractivity contribution in [3.05, 3.63) is 29.3 Å². The van der Waals surface area contributed by atoms with Gasteiger partial charge in [0.15, 0.2) is 0 Å². The zero-order valence-corrected chi connectivity index (χ0v) is 11.4. The topological polar surface area (TPSA) is 75.4 Å². The van der Waals surface area contributed by atoms with Gasteiger partial charge >= 0.3 is 0 Å². The Morgan fingerprint density at radius 2 is 2.11 bits per heavy atom. The number of carbonyl (C=O) groups is 1. The highest BCUT2D eigenvalue weighted by Gasteiger charge is 2.32. The van der Waals surface area contributed by atoms with Gasteiger partial charge < -0.3 is 16.2 Å². The van der Waals surface area contributed by atoms with E-state index in [0.717, 1.165) is 18.4 Å². The third kappa shape index (κ3) is 3.07. The van der Waals surface area contributed by atoms with Gasteiger partial charge in [-0.2, -0.15) is 0 Å². The van der Waals surface area contributed by atoms with Gasteiger partial charge in [-0.15, -0.1) is 0 Å². The Kier molecular flexibility index (Phi) is 4.10. The molecule has 0 saturated heterocycles. The monoisotopic (exact) mass is 262 g/mol. The second-order valence-corrected chi connectivity index (χ2v) is 5.60. The Labute approximate surface area is 114 Å². The second kappa shape index (κ2) is 5.61. The first-order valence-electron chi connectivity index (χ1n) is 6.84. The maximum Gasteiger partial charge on any atom is 0.251 e. The third-order valence-electron chi connectivity index (χ3n) is 4.19. The molecule has 0 bridgehead atoms. The number of aromatic hydroxyl groups is 1. The van der Waals surface area contributed by atoms with Crippen LogP contribution < -0.4 is 11.1 Å². The molecule has 0 aromatic heterocycles. The molecule has 104 valence electrons. The molecule has 4 heteroatoms. The van der Waals surface area contributed by atoms with E-state index < -0.39 is 0 Å². The number of nitrogens with one attached hydrogen (secondary N) is 1. The van der Waals surface area contributed by atoms with Crippen LogP contribution >= 0.6 is 0 Å². The molecular weight excluding hydrogens is 240 g/mol. The molecule has 0 spiro atoms. The Morgan fingerprint density at radius 1 is 1.42 bits per heavy atom. The number of nitrogens with two attached hydrogens (primary N) is 1. The molecule has 4 nitrogen and oxygen atoms in total. The van der Waals surface area contributed by atoms with E-state index in [1.54, 1.807) is 19.1 Å². The van der Waals surface area contributed by atoms with Crippen molar-refractivity contribution in [3.63, 3.8) is 0 Å². The van der Waals surface area contributed by atoms with Crippen LogP contribution in [0.2, 0.25) is 0 Å². The van der Waals surface area contributed by atoms with Crippen molar-refractivity contribution in [2.24, 2.45) is 11.1 Å². The number of phenols is 1. The number of phenolic OH excluding ortho intramolecular Hbond substituents is 1. The van der Waals surface area contributed by atoms with Crippen LogP contribution in [0.15, 0.2) is 18.2 Å². The summed E-state index contributed by atoms with van der Waals surface area (Å²) in [6.45, 7) is 3.04. The lowest BCUT2D eigenvalue weighted by molar-refractivity contribution is 0.0931. The van der Waals surface area contributed by atoms with Crippen LogP contribution in [0, 0.1) is 12.3 Å². The molecule has 1 aliphatic rings. The predicted molar refractivity (Wildman–Crippen MR) is 75.1 cm³/mol. The van der Waals surface area contributed by atoms with Crippen molar-refractivity contribution in [1.29, 1.82) is 0 Å².